The van der Waals surface area contributed by atoms with Crippen molar-refractivity contribution in [2.45, 2.75) is 31.5 Å². The molecule has 0 spiro atoms. The van der Waals surface area contributed by atoms with Crippen molar-refractivity contribution >= 4 is 17.7 Å². The standard InChI is InChI=1S/C11H20N4O2S/c1-3-4-5-12-10(16)8-18-11-14-13-9-15(11)6-7-17-2/h9H,3-8H2,1-2H3,(H,12,16). The van der Waals surface area contributed by atoms with Gasteiger partial charge in [0.25, 0.3) is 0 Å². The zero-order valence-electron chi connectivity index (χ0n) is 10.9. The number of ether oxygens (including phenoxy) is 1. The summed E-state index contributed by atoms with van der Waals surface area (Å²) >= 11 is 1.39. The maximum absolute atomic E-state index is 11.5. The number of methoxy groups -OCH3 is 1. The molecule has 0 bridgehead atoms. The van der Waals surface area contributed by atoms with Crippen molar-refractivity contribution in [2.75, 3.05) is 26.0 Å². The quantitative estimate of drug-likeness (QED) is 0.535. The molecule has 0 unspecified atom stereocenters. The van der Waals surface area contributed by atoms with Crippen LogP contribution in [0.4, 0.5) is 0 Å². The molecule has 7 heteroatoms. The smallest absolute Gasteiger partial charge is 0.230 e. The van der Waals surface area contributed by atoms with E-state index in [9.17, 15) is 4.79 Å². The van der Waals surface area contributed by atoms with E-state index in [-0.39, 0.29) is 5.91 Å². The summed E-state index contributed by atoms with van der Waals surface area (Å²) in [6.07, 6.45) is 3.75. The lowest BCUT2D eigenvalue weighted by atomic mass is 10.3. The zero-order chi connectivity index (χ0) is 13.2. The Bertz CT molecular complexity index is 357. The van der Waals surface area contributed by atoms with Crippen LogP contribution in [0.5, 0.6) is 0 Å². The summed E-state index contributed by atoms with van der Waals surface area (Å²) in [7, 11) is 1.65. The van der Waals surface area contributed by atoms with Gasteiger partial charge in [0.1, 0.15) is 6.33 Å². The molecule has 18 heavy (non-hydrogen) atoms. The average molecular weight is 272 g/mol. The summed E-state index contributed by atoms with van der Waals surface area (Å²) in [5.74, 6) is 0.407. The van der Waals surface area contributed by atoms with E-state index >= 15 is 0 Å². The first-order valence-electron chi connectivity index (χ1n) is 6.04. The van der Waals surface area contributed by atoms with Crippen LogP contribution in [0.15, 0.2) is 11.5 Å². The minimum Gasteiger partial charge on any atom is -0.383 e. The minimum absolute atomic E-state index is 0.0368. The van der Waals surface area contributed by atoms with Gasteiger partial charge in [-0.1, -0.05) is 25.1 Å². The monoisotopic (exact) mass is 272 g/mol. The number of thioether (sulfide) groups is 1. The Hall–Kier alpha value is -1.08. The first kappa shape index (κ1) is 15.0. The second-order valence-electron chi connectivity index (χ2n) is 3.79. The topological polar surface area (TPSA) is 69.0 Å². The first-order valence-corrected chi connectivity index (χ1v) is 7.02. The fraction of sp³-hybridized carbons (Fsp3) is 0.727. The SMILES string of the molecule is CCCCNC(=O)CSc1nncn1CCOC. The highest BCUT2D eigenvalue weighted by Crippen LogP contribution is 2.13. The van der Waals surface area contributed by atoms with Crippen molar-refractivity contribution in [2.24, 2.45) is 0 Å². The zero-order valence-corrected chi connectivity index (χ0v) is 11.7. The predicted molar refractivity (Wildman–Crippen MR) is 70.5 cm³/mol. The number of aromatic nitrogens is 3. The third-order valence-corrected chi connectivity index (χ3v) is 3.28. The Kier molecular flexibility index (Phi) is 7.43. The van der Waals surface area contributed by atoms with E-state index in [0.717, 1.165) is 24.5 Å². The van der Waals surface area contributed by atoms with Crippen molar-refractivity contribution in [3.05, 3.63) is 6.33 Å². The Morgan fingerprint density at radius 1 is 1.61 bits per heavy atom. The molecule has 0 aliphatic carbocycles. The van der Waals surface area contributed by atoms with Crippen LogP contribution in [-0.2, 0) is 16.1 Å². The Morgan fingerprint density at radius 3 is 3.17 bits per heavy atom. The molecule has 1 rings (SSSR count). The van der Waals surface area contributed by atoms with Gasteiger partial charge in [0, 0.05) is 20.2 Å². The normalized spacial score (nSPS) is 10.6. The number of nitrogens with one attached hydrogen (secondary N) is 1. The fourth-order valence-electron chi connectivity index (χ4n) is 1.28. The van der Waals surface area contributed by atoms with Gasteiger partial charge in [-0.05, 0) is 6.42 Å². The molecule has 1 aromatic rings. The molecule has 0 radical (unpaired) electrons. The van der Waals surface area contributed by atoms with Crippen LogP contribution in [0.25, 0.3) is 0 Å². The summed E-state index contributed by atoms with van der Waals surface area (Å²) in [4.78, 5) is 11.5. The van der Waals surface area contributed by atoms with Crippen LogP contribution < -0.4 is 5.32 Å². The minimum atomic E-state index is 0.0368. The van der Waals surface area contributed by atoms with E-state index in [4.69, 9.17) is 4.74 Å². The molecule has 0 fully saturated rings. The molecule has 102 valence electrons. The van der Waals surface area contributed by atoms with Crippen molar-refractivity contribution in [3.63, 3.8) is 0 Å². The van der Waals surface area contributed by atoms with Gasteiger partial charge in [-0.2, -0.15) is 0 Å². The van der Waals surface area contributed by atoms with E-state index < -0.39 is 0 Å². The molecule has 0 atom stereocenters. The lowest BCUT2D eigenvalue weighted by Crippen LogP contribution is -2.26. The van der Waals surface area contributed by atoms with E-state index in [1.54, 1.807) is 13.4 Å². The largest absolute Gasteiger partial charge is 0.383 e. The summed E-state index contributed by atoms with van der Waals surface area (Å²) in [6, 6.07) is 0. The van der Waals surface area contributed by atoms with Crippen LogP contribution in [-0.4, -0.2) is 46.7 Å². The third kappa shape index (κ3) is 5.50. The van der Waals surface area contributed by atoms with Crippen molar-refractivity contribution < 1.29 is 9.53 Å². The Labute approximate surface area is 111 Å². The van der Waals surface area contributed by atoms with E-state index in [0.29, 0.717) is 18.9 Å². The summed E-state index contributed by atoms with van der Waals surface area (Å²) in [5.41, 5.74) is 0. The number of carbonyl (C=O) groups is 1. The van der Waals surface area contributed by atoms with Crippen molar-refractivity contribution in [1.82, 2.24) is 20.1 Å². The van der Waals surface area contributed by atoms with Gasteiger partial charge < -0.3 is 14.6 Å². The highest BCUT2D eigenvalue weighted by Gasteiger charge is 2.08. The number of amides is 1. The van der Waals surface area contributed by atoms with Crippen LogP contribution >= 0.6 is 11.8 Å². The van der Waals surface area contributed by atoms with E-state index in [2.05, 4.69) is 22.4 Å². The van der Waals surface area contributed by atoms with Gasteiger partial charge in [0.2, 0.25) is 5.91 Å². The molecule has 0 aliphatic heterocycles. The second kappa shape index (κ2) is 8.93. The van der Waals surface area contributed by atoms with Crippen LogP contribution in [0.2, 0.25) is 0 Å². The number of hydrogen-bond donors (Lipinski definition) is 1. The van der Waals surface area contributed by atoms with Gasteiger partial charge in [-0.25, -0.2) is 0 Å². The molecule has 0 aromatic carbocycles. The van der Waals surface area contributed by atoms with E-state index in [1.807, 2.05) is 4.57 Å². The highest BCUT2D eigenvalue weighted by atomic mass is 32.2. The molecule has 6 nitrogen and oxygen atoms in total. The predicted octanol–water partition coefficient (Wildman–Crippen LogP) is 0.933. The molecule has 1 heterocycles. The molecule has 0 aliphatic rings. The average Bonchev–Trinajstić information content (AvgIpc) is 2.81. The van der Waals surface area contributed by atoms with E-state index in [1.165, 1.54) is 11.8 Å². The summed E-state index contributed by atoms with van der Waals surface area (Å²) in [5, 5.41) is 11.4. The highest BCUT2D eigenvalue weighted by molar-refractivity contribution is 7.99. The number of hydrogen-bond acceptors (Lipinski definition) is 5. The molecule has 1 N–H and O–H groups in total. The van der Waals surface area contributed by atoms with Gasteiger partial charge in [0.15, 0.2) is 5.16 Å². The molecule has 1 amide bonds. The van der Waals surface area contributed by atoms with Crippen molar-refractivity contribution in [3.8, 4) is 0 Å². The number of nitrogens with zero attached hydrogens (tertiary/aromatic N) is 3. The van der Waals surface area contributed by atoms with Gasteiger partial charge in [-0.15, -0.1) is 10.2 Å². The molecule has 1 aromatic heterocycles. The van der Waals surface area contributed by atoms with Crippen molar-refractivity contribution in [1.29, 1.82) is 0 Å². The number of carbonyl (C=O) groups excluding carboxylic acids is 1. The third-order valence-electron chi connectivity index (χ3n) is 2.30. The van der Waals surface area contributed by atoms with Crippen LogP contribution in [0.1, 0.15) is 19.8 Å². The first-order chi connectivity index (χ1) is 8.77. The van der Waals surface area contributed by atoms with Gasteiger partial charge in [-0.3, -0.25) is 4.79 Å². The Balaban J connectivity index is 2.29. The lowest BCUT2D eigenvalue weighted by Gasteiger charge is -2.06. The molecular weight excluding hydrogens is 252 g/mol. The van der Waals surface area contributed by atoms with Gasteiger partial charge >= 0.3 is 0 Å². The maximum atomic E-state index is 11.5. The molecule has 0 saturated heterocycles. The maximum Gasteiger partial charge on any atom is 0.230 e. The summed E-state index contributed by atoms with van der Waals surface area (Å²) < 4.78 is 6.88. The summed E-state index contributed by atoms with van der Waals surface area (Å²) in [6.45, 7) is 4.14. The molecular formula is C11H20N4O2S. The Morgan fingerprint density at radius 2 is 2.44 bits per heavy atom. The lowest BCUT2D eigenvalue weighted by molar-refractivity contribution is -0.118. The fourth-order valence-corrected chi connectivity index (χ4v) is 2.06. The van der Waals surface area contributed by atoms with Crippen LogP contribution in [0, 0.1) is 0 Å². The second-order valence-corrected chi connectivity index (χ2v) is 4.73. The van der Waals surface area contributed by atoms with Crippen LogP contribution in [0.3, 0.4) is 0 Å². The molecule has 0 saturated carbocycles. The van der Waals surface area contributed by atoms with Gasteiger partial charge in [0.05, 0.1) is 12.4 Å². The number of unbranched alkanes of at least 4 members (excludes halogenated alkanes) is 1. The number of rotatable bonds is 9.